The van der Waals surface area contributed by atoms with Gasteiger partial charge in [0.05, 0.1) is 0 Å². The van der Waals surface area contributed by atoms with Gasteiger partial charge in [-0.1, -0.05) is 0 Å². The lowest BCUT2D eigenvalue weighted by Crippen LogP contribution is -2.33. The molecule has 0 saturated heterocycles. The largest absolute Gasteiger partial charge is 0.461 e. The summed E-state index contributed by atoms with van der Waals surface area (Å²) in [4.78, 5) is 0. The minimum absolute atomic E-state index is 0.581. The molecule has 1 aromatic rings. The minimum Gasteiger partial charge on any atom is -0.428 e. The average Bonchev–Trinajstić information content (AvgIpc) is 2.28. The molecule has 0 aromatic heterocycles. The van der Waals surface area contributed by atoms with E-state index in [-0.39, 0.29) is 0 Å². The van der Waals surface area contributed by atoms with Crippen LogP contribution in [-0.4, -0.2) is 12.5 Å². The van der Waals surface area contributed by atoms with Crippen LogP contribution in [0.3, 0.4) is 0 Å². The molecule has 100 valence electrons. The van der Waals surface area contributed by atoms with Crippen molar-refractivity contribution in [1.29, 1.82) is 0 Å². The highest BCUT2D eigenvalue weighted by Crippen LogP contribution is 2.29. The quantitative estimate of drug-likeness (QED) is 0.736. The van der Waals surface area contributed by atoms with Gasteiger partial charge in [0, 0.05) is 5.56 Å². The molecule has 0 bridgehead atoms. The van der Waals surface area contributed by atoms with Crippen molar-refractivity contribution in [2.75, 3.05) is 0 Å². The highest BCUT2D eigenvalue weighted by Gasteiger charge is 2.43. The molecule has 0 N–H and O–H groups in total. The molecule has 0 spiro atoms. The van der Waals surface area contributed by atoms with E-state index >= 15 is 0 Å². The number of halogens is 7. The fourth-order valence-corrected chi connectivity index (χ4v) is 0.980. The number of hydrogen-bond acceptors (Lipinski definition) is 1. The van der Waals surface area contributed by atoms with Crippen LogP contribution in [0.1, 0.15) is 5.56 Å². The van der Waals surface area contributed by atoms with E-state index in [0.29, 0.717) is 24.3 Å². The number of alkyl halides is 4. The summed E-state index contributed by atoms with van der Waals surface area (Å²) >= 11 is 0. The van der Waals surface area contributed by atoms with Crippen LogP contribution in [0, 0.1) is 0 Å². The smallest absolute Gasteiger partial charge is 0.428 e. The van der Waals surface area contributed by atoms with E-state index in [2.05, 4.69) is 4.74 Å². The second kappa shape index (κ2) is 5.28. The molecule has 0 atom stereocenters. The number of ether oxygens (including phenoxy) is 1. The summed E-state index contributed by atoms with van der Waals surface area (Å²) in [6, 6.07) is 2.75. The van der Waals surface area contributed by atoms with Crippen LogP contribution >= 0.6 is 0 Å². The van der Waals surface area contributed by atoms with Gasteiger partial charge in [-0.25, -0.2) is 4.39 Å². The Hall–Kier alpha value is -1.73. The molecule has 0 unspecified atom stereocenters. The third-order valence-corrected chi connectivity index (χ3v) is 1.78. The molecule has 0 radical (unpaired) electrons. The Kier molecular flexibility index (Phi) is 4.20. The Balaban J connectivity index is 2.88. The number of benzene rings is 1. The van der Waals surface area contributed by atoms with E-state index in [1.807, 2.05) is 0 Å². The second-order valence-electron chi connectivity index (χ2n) is 3.06. The SMILES string of the molecule is FC(F)=C(F)c1ccc(OC(F)(F)C(F)F)cc1. The lowest BCUT2D eigenvalue weighted by Gasteiger charge is -2.16. The Morgan fingerprint density at radius 3 is 1.89 bits per heavy atom. The van der Waals surface area contributed by atoms with Crippen LogP contribution in [-0.2, 0) is 0 Å². The van der Waals surface area contributed by atoms with Crippen molar-refractivity contribution in [2.24, 2.45) is 0 Å². The number of rotatable bonds is 4. The second-order valence-corrected chi connectivity index (χ2v) is 3.06. The van der Waals surface area contributed by atoms with E-state index < -0.39 is 35.8 Å². The van der Waals surface area contributed by atoms with Gasteiger partial charge in [-0.15, -0.1) is 0 Å². The molecule has 0 heterocycles. The Morgan fingerprint density at radius 2 is 1.50 bits per heavy atom. The highest BCUT2D eigenvalue weighted by molar-refractivity contribution is 5.60. The maximum Gasteiger partial charge on any atom is 0.461 e. The van der Waals surface area contributed by atoms with Crippen LogP contribution in [0.5, 0.6) is 5.75 Å². The molecular weight excluding hydrogens is 269 g/mol. The van der Waals surface area contributed by atoms with Gasteiger partial charge < -0.3 is 4.74 Å². The zero-order valence-corrected chi connectivity index (χ0v) is 8.44. The highest BCUT2D eigenvalue weighted by atomic mass is 19.3. The summed E-state index contributed by atoms with van der Waals surface area (Å²) in [5.74, 6) is -2.53. The van der Waals surface area contributed by atoms with Crippen molar-refractivity contribution in [3.05, 3.63) is 35.9 Å². The molecule has 1 nitrogen and oxygen atoms in total. The van der Waals surface area contributed by atoms with Gasteiger partial charge in [0.2, 0.25) is 0 Å². The van der Waals surface area contributed by atoms with Crippen molar-refractivity contribution in [2.45, 2.75) is 12.5 Å². The fourth-order valence-electron chi connectivity index (χ4n) is 0.980. The average molecular weight is 274 g/mol. The van der Waals surface area contributed by atoms with E-state index in [4.69, 9.17) is 0 Å². The molecule has 0 aliphatic rings. The summed E-state index contributed by atoms with van der Waals surface area (Å²) in [5.41, 5.74) is -0.581. The van der Waals surface area contributed by atoms with E-state index in [0.717, 1.165) is 0 Å². The number of hydrogen-bond donors (Lipinski definition) is 0. The van der Waals surface area contributed by atoms with Gasteiger partial charge in [-0.05, 0) is 24.3 Å². The van der Waals surface area contributed by atoms with Crippen LogP contribution in [0.4, 0.5) is 30.7 Å². The lowest BCUT2D eigenvalue weighted by molar-refractivity contribution is -0.253. The molecule has 8 heteroatoms. The summed E-state index contributed by atoms with van der Waals surface area (Å²) in [5, 5.41) is 0. The standard InChI is InChI=1S/C10H5F7O/c11-7(8(12)13)5-1-3-6(4-2-5)18-10(16,17)9(14)15/h1-4,9H. The normalized spacial score (nSPS) is 11.6. The van der Waals surface area contributed by atoms with Crippen molar-refractivity contribution in [1.82, 2.24) is 0 Å². The molecule has 0 aliphatic carbocycles. The topological polar surface area (TPSA) is 9.23 Å². The van der Waals surface area contributed by atoms with Crippen LogP contribution in [0.25, 0.3) is 5.83 Å². The zero-order valence-electron chi connectivity index (χ0n) is 8.44. The predicted molar refractivity (Wildman–Crippen MR) is 48.3 cm³/mol. The third-order valence-electron chi connectivity index (χ3n) is 1.78. The van der Waals surface area contributed by atoms with Crippen LogP contribution in [0.15, 0.2) is 30.3 Å². The molecule has 18 heavy (non-hydrogen) atoms. The zero-order chi connectivity index (χ0) is 13.9. The minimum atomic E-state index is -4.71. The van der Waals surface area contributed by atoms with Crippen molar-refractivity contribution in [3.8, 4) is 5.75 Å². The molecule has 1 rings (SSSR count). The van der Waals surface area contributed by atoms with Gasteiger partial charge in [0.15, 0.2) is 5.83 Å². The van der Waals surface area contributed by atoms with Crippen molar-refractivity contribution >= 4 is 5.83 Å². The molecular formula is C10H5F7O. The van der Waals surface area contributed by atoms with Crippen molar-refractivity contribution < 1.29 is 35.5 Å². The summed E-state index contributed by atoms with van der Waals surface area (Å²) in [7, 11) is 0. The molecule has 0 saturated carbocycles. The Labute approximate surface area is 96.5 Å². The van der Waals surface area contributed by atoms with Gasteiger partial charge >= 0.3 is 18.6 Å². The monoisotopic (exact) mass is 274 g/mol. The van der Waals surface area contributed by atoms with E-state index in [9.17, 15) is 30.7 Å². The van der Waals surface area contributed by atoms with Gasteiger partial charge in [0.25, 0.3) is 0 Å². The summed E-state index contributed by atoms with van der Waals surface area (Å²) in [6.07, 6.45) is -11.3. The maximum atomic E-state index is 12.7. The summed E-state index contributed by atoms with van der Waals surface area (Å²) in [6.45, 7) is 0. The molecule has 1 aromatic carbocycles. The van der Waals surface area contributed by atoms with E-state index in [1.54, 1.807) is 0 Å². The Bertz CT molecular complexity index is 434. The van der Waals surface area contributed by atoms with Crippen LogP contribution < -0.4 is 4.74 Å². The molecule has 0 aliphatic heterocycles. The Morgan fingerprint density at radius 1 is 1.00 bits per heavy atom. The molecule has 0 amide bonds. The third kappa shape index (κ3) is 3.38. The van der Waals surface area contributed by atoms with Gasteiger partial charge in [-0.2, -0.15) is 26.3 Å². The fraction of sp³-hybridized carbons (Fsp3) is 0.200. The van der Waals surface area contributed by atoms with Gasteiger partial charge in [-0.3, -0.25) is 0 Å². The lowest BCUT2D eigenvalue weighted by atomic mass is 10.2. The summed E-state index contributed by atoms with van der Waals surface area (Å²) < 4.78 is 88.4. The first-order valence-electron chi connectivity index (χ1n) is 4.40. The predicted octanol–water partition coefficient (Wildman–Crippen LogP) is 4.46. The van der Waals surface area contributed by atoms with Crippen LogP contribution in [0.2, 0.25) is 0 Å². The van der Waals surface area contributed by atoms with E-state index in [1.165, 1.54) is 0 Å². The van der Waals surface area contributed by atoms with Gasteiger partial charge in [0.1, 0.15) is 5.75 Å². The first-order chi connectivity index (χ1) is 8.24. The molecule has 0 fully saturated rings. The first kappa shape index (κ1) is 14.3. The first-order valence-corrected chi connectivity index (χ1v) is 4.40. The maximum absolute atomic E-state index is 12.7. The van der Waals surface area contributed by atoms with Crippen molar-refractivity contribution in [3.63, 3.8) is 0 Å².